The van der Waals surface area contributed by atoms with Crippen LogP contribution in [-0.4, -0.2) is 44.8 Å². The third kappa shape index (κ3) is 4.76. The van der Waals surface area contributed by atoms with Gasteiger partial charge in [0.1, 0.15) is 16.5 Å². The molecule has 2 heterocycles. The second kappa shape index (κ2) is 9.49. The Bertz CT molecular complexity index is 903. The number of thiophene rings is 1. The lowest BCUT2D eigenvalue weighted by atomic mass is 10.1. The molecule has 1 aliphatic heterocycles. The molecule has 1 aromatic carbocycles. The van der Waals surface area contributed by atoms with Crippen LogP contribution in [0.25, 0.3) is 0 Å². The molecule has 4 rings (SSSR count). The number of anilines is 1. The van der Waals surface area contributed by atoms with Gasteiger partial charge >= 0.3 is 0 Å². The van der Waals surface area contributed by atoms with Gasteiger partial charge in [0.15, 0.2) is 6.61 Å². The average molecular weight is 431 g/mol. The summed E-state index contributed by atoms with van der Waals surface area (Å²) in [6.45, 7) is 1.12. The summed E-state index contributed by atoms with van der Waals surface area (Å²) in [6, 6.07) is 7.03. The van der Waals surface area contributed by atoms with E-state index in [-0.39, 0.29) is 24.5 Å². The highest BCUT2D eigenvalue weighted by molar-refractivity contribution is 7.17. The first-order valence-electron chi connectivity index (χ1n) is 10.2. The summed E-state index contributed by atoms with van der Waals surface area (Å²) < 4.78 is 16.3. The minimum Gasteiger partial charge on any atom is -0.497 e. The predicted octanol–water partition coefficient (Wildman–Crippen LogP) is 3.17. The molecule has 1 fully saturated rings. The summed E-state index contributed by atoms with van der Waals surface area (Å²) in [5, 5.41) is 6.47. The molecule has 7 nitrogen and oxygen atoms in total. The van der Waals surface area contributed by atoms with Gasteiger partial charge in [-0.1, -0.05) is 0 Å². The zero-order valence-electron chi connectivity index (χ0n) is 17.0. The number of nitrogens with one attached hydrogen (secondary N) is 2. The Balaban J connectivity index is 1.39. The van der Waals surface area contributed by atoms with E-state index >= 15 is 0 Å². The Hall–Kier alpha value is -2.58. The van der Waals surface area contributed by atoms with Gasteiger partial charge in [-0.05, 0) is 61.9 Å². The summed E-state index contributed by atoms with van der Waals surface area (Å²) in [5.41, 5.74) is 1.67. The molecule has 0 unspecified atom stereocenters. The Morgan fingerprint density at radius 3 is 2.70 bits per heavy atom. The normalized spacial score (nSPS) is 17.4. The van der Waals surface area contributed by atoms with Gasteiger partial charge in [0.25, 0.3) is 11.8 Å². The molecule has 8 heteroatoms. The minimum atomic E-state index is -0.293. The molecule has 2 aromatic rings. The van der Waals surface area contributed by atoms with Crippen molar-refractivity contribution in [3.63, 3.8) is 0 Å². The van der Waals surface area contributed by atoms with Gasteiger partial charge in [-0.15, -0.1) is 11.3 Å². The van der Waals surface area contributed by atoms with Gasteiger partial charge in [-0.2, -0.15) is 0 Å². The first-order valence-corrected chi connectivity index (χ1v) is 11.1. The molecule has 160 valence electrons. The van der Waals surface area contributed by atoms with Crippen molar-refractivity contribution in [2.24, 2.45) is 0 Å². The monoisotopic (exact) mass is 430 g/mol. The van der Waals surface area contributed by atoms with Gasteiger partial charge in [0.2, 0.25) is 0 Å². The summed E-state index contributed by atoms with van der Waals surface area (Å²) in [5.74, 6) is 0.864. The number of carbonyl (C=O) groups is 2. The lowest BCUT2D eigenvalue weighted by Crippen LogP contribution is -2.32. The third-order valence-electron chi connectivity index (χ3n) is 5.34. The molecule has 2 N–H and O–H groups in total. The fourth-order valence-electron chi connectivity index (χ4n) is 3.82. The molecule has 1 aliphatic carbocycles. The Morgan fingerprint density at radius 1 is 1.17 bits per heavy atom. The van der Waals surface area contributed by atoms with Gasteiger partial charge in [0.05, 0.1) is 18.8 Å². The minimum absolute atomic E-state index is 0.0802. The van der Waals surface area contributed by atoms with E-state index in [0.717, 1.165) is 50.0 Å². The first-order chi connectivity index (χ1) is 14.6. The Labute approximate surface area is 179 Å². The third-order valence-corrected chi connectivity index (χ3v) is 6.55. The van der Waals surface area contributed by atoms with Gasteiger partial charge in [0, 0.05) is 18.0 Å². The van der Waals surface area contributed by atoms with E-state index in [1.807, 2.05) is 0 Å². The van der Waals surface area contributed by atoms with Crippen LogP contribution in [0, 0.1) is 0 Å². The van der Waals surface area contributed by atoms with Gasteiger partial charge < -0.3 is 24.8 Å². The quantitative estimate of drug-likeness (QED) is 0.672. The van der Waals surface area contributed by atoms with Crippen molar-refractivity contribution in [2.45, 2.75) is 38.2 Å². The molecule has 2 aliphatic rings. The summed E-state index contributed by atoms with van der Waals surface area (Å²) in [6.07, 6.45) is 4.94. The summed E-state index contributed by atoms with van der Waals surface area (Å²) in [7, 11) is 1.59. The first kappa shape index (κ1) is 20.7. The van der Waals surface area contributed by atoms with E-state index in [2.05, 4.69) is 10.6 Å². The number of benzene rings is 1. The van der Waals surface area contributed by atoms with Crippen LogP contribution in [0.5, 0.6) is 11.5 Å². The molecule has 0 spiro atoms. The zero-order valence-corrected chi connectivity index (χ0v) is 17.8. The largest absolute Gasteiger partial charge is 0.497 e. The molecular weight excluding hydrogens is 404 g/mol. The molecular formula is C22H26N2O5S. The number of aryl methyl sites for hydroxylation is 1. The summed E-state index contributed by atoms with van der Waals surface area (Å²) in [4.78, 5) is 26.6. The van der Waals surface area contributed by atoms with E-state index in [9.17, 15) is 9.59 Å². The van der Waals surface area contributed by atoms with Crippen LogP contribution in [0.4, 0.5) is 5.00 Å². The van der Waals surface area contributed by atoms with Gasteiger partial charge in [-0.25, -0.2) is 0 Å². The molecule has 30 heavy (non-hydrogen) atoms. The van der Waals surface area contributed by atoms with Crippen LogP contribution in [-0.2, 0) is 22.4 Å². The Kier molecular flexibility index (Phi) is 6.54. The van der Waals surface area contributed by atoms with Gasteiger partial charge in [-0.3, -0.25) is 9.59 Å². The Morgan fingerprint density at radius 2 is 1.97 bits per heavy atom. The number of hydrogen-bond acceptors (Lipinski definition) is 6. The standard InChI is InChI=1S/C22H26N2O5S/c1-27-14-7-9-15(10-8-14)29-13-19(25)24-22-20(17-5-2-6-18(17)30-22)21(26)23-12-16-4-3-11-28-16/h7-10,16H,2-6,11-13H2,1H3,(H,23,26)(H,24,25)/t16-/m1/s1. The highest BCUT2D eigenvalue weighted by Crippen LogP contribution is 2.39. The number of ether oxygens (including phenoxy) is 3. The second-order valence-electron chi connectivity index (χ2n) is 7.42. The zero-order chi connectivity index (χ0) is 20.9. The van der Waals surface area contributed by atoms with Crippen LogP contribution in [0.15, 0.2) is 24.3 Å². The molecule has 1 saturated heterocycles. The molecule has 2 amide bonds. The lowest BCUT2D eigenvalue weighted by Gasteiger charge is -2.13. The van der Waals surface area contributed by atoms with Crippen molar-refractivity contribution in [1.29, 1.82) is 0 Å². The van der Waals surface area contributed by atoms with Crippen molar-refractivity contribution in [2.75, 3.05) is 32.2 Å². The predicted molar refractivity (Wildman–Crippen MR) is 115 cm³/mol. The van der Waals surface area contributed by atoms with Crippen molar-refractivity contribution < 1.29 is 23.8 Å². The van der Waals surface area contributed by atoms with E-state index in [1.165, 1.54) is 16.2 Å². The maximum absolute atomic E-state index is 12.9. The average Bonchev–Trinajstić information content (AvgIpc) is 3.49. The smallest absolute Gasteiger partial charge is 0.262 e. The fraction of sp³-hybridized carbons (Fsp3) is 0.455. The van der Waals surface area contributed by atoms with Crippen LogP contribution in [0.2, 0.25) is 0 Å². The molecule has 0 radical (unpaired) electrons. The number of hydrogen-bond donors (Lipinski definition) is 2. The maximum Gasteiger partial charge on any atom is 0.262 e. The fourth-order valence-corrected chi connectivity index (χ4v) is 5.12. The molecule has 1 atom stereocenters. The molecule has 0 saturated carbocycles. The number of carbonyl (C=O) groups excluding carboxylic acids is 2. The van der Waals surface area contributed by atoms with Crippen LogP contribution in [0.1, 0.15) is 40.1 Å². The molecule has 1 aromatic heterocycles. The van der Waals surface area contributed by atoms with E-state index in [4.69, 9.17) is 14.2 Å². The summed E-state index contributed by atoms with van der Waals surface area (Å²) >= 11 is 1.49. The topological polar surface area (TPSA) is 85.9 Å². The van der Waals surface area contributed by atoms with E-state index < -0.39 is 0 Å². The maximum atomic E-state index is 12.9. The van der Waals surface area contributed by atoms with Crippen molar-refractivity contribution in [1.82, 2.24) is 5.32 Å². The SMILES string of the molecule is COc1ccc(OCC(=O)Nc2sc3c(c2C(=O)NC[C@H]2CCCO2)CCC3)cc1. The van der Waals surface area contributed by atoms with Crippen molar-refractivity contribution in [3.05, 3.63) is 40.3 Å². The molecule has 0 bridgehead atoms. The number of rotatable bonds is 8. The van der Waals surface area contributed by atoms with Crippen LogP contribution < -0.4 is 20.1 Å². The number of amides is 2. The van der Waals surface area contributed by atoms with Crippen molar-refractivity contribution in [3.8, 4) is 11.5 Å². The second-order valence-corrected chi connectivity index (χ2v) is 8.52. The van der Waals surface area contributed by atoms with Crippen LogP contribution >= 0.6 is 11.3 Å². The van der Waals surface area contributed by atoms with E-state index in [0.29, 0.717) is 22.9 Å². The number of fused-ring (bicyclic) bond motifs is 1. The lowest BCUT2D eigenvalue weighted by molar-refractivity contribution is -0.118. The van der Waals surface area contributed by atoms with E-state index in [1.54, 1.807) is 31.4 Å². The van der Waals surface area contributed by atoms with Crippen molar-refractivity contribution >= 4 is 28.2 Å². The number of methoxy groups -OCH3 is 1. The highest BCUT2D eigenvalue weighted by atomic mass is 32.1. The van der Waals surface area contributed by atoms with Crippen LogP contribution in [0.3, 0.4) is 0 Å². The highest BCUT2D eigenvalue weighted by Gasteiger charge is 2.28.